The Kier molecular flexibility index (Phi) is 42.8. The van der Waals surface area contributed by atoms with Crippen LogP contribution in [0.2, 0.25) is 26.2 Å². The highest BCUT2D eigenvalue weighted by molar-refractivity contribution is 6.64. The lowest BCUT2D eigenvalue weighted by atomic mass is 10.1. The number of likely N-dealkylation sites (tertiary alicyclic amines) is 1. The first-order valence-corrected chi connectivity index (χ1v) is 34.5. The average molecular weight is 958 g/mol. The van der Waals surface area contributed by atoms with E-state index in [9.17, 15) is 0 Å². The molecule has 1 rings (SSSR count). The molecule has 0 aliphatic carbocycles. The van der Waals surface area contributed by atoms with Crippen molar-refractivity contribution in [2.45, 2.75) is 297 Å². The van der Waals surface area contributed by atoms with Gasteiger partial charge in [-0.15, -0.1) is 0 Å². The number of rotatable bonds is 51. The van der Waals surface area contributed by atoms with Crippen LogP contribution in [0.25, 0.3) is 0 Å². The molecule has 1 heterocycles. The molecular formula is C55H116N2O6Si2. The Morgan fingerprint density at radius 2 is 0.800 bits per heavy atom. The summed E-state index contributed by atoms with van der Waals surface area (Å²) in [6, 6.07) is 0.762. The molecule has 0 aromatic heterocycles. The molecular weight excluding hydrogens is 841 g/mol. The fourth-order valence-corrected chi connectivity index (χ4v) is 12.4. The number of unbranched alkanes of at least 4 members (excludes halogenated alkanes) is 24. The molecule has 0 aromatic rings. The Hall–Kier alpha value is 0.114. The first kappa shape index (κ1) is 63.1. The molecule has 8 nitrogen and oxygen atoms in total. The Morgan fingerprint density at radius 3 is 1.18 bits per heavy atom. The lowest BCUT2D eigenvalue weighted by Gasteiger charge is -2.29. The molecule has 0 saturated carbocycles. The number of nitrogens with zero attached hydrogens (tertiary/aromatic N) is 2. The van der Waals surface area contributed by atoms with Crippen LogP contribution in [-0.2, 0) is 27.2 Å². The zero-order chi connectivity index (χ0) is 47.5. The van der Waals surface area contributed by atoms with Crippen LogP contribution in [0.5, 0.6) is 0 Å². The standard InChI is InChI=1S/C55H116N2O6Si2/c1-10-14-18-22-28-38-51-60-64(6,7)62-54(42-32-24-20-16-12-3)58-49-36-30-26-34-46-57(48-44-53-41-40-45-56(53)5)47-35-27-31-37-50-59-55(43-33-25-21-17-13-4)63-65(8,9)61-52-39-29-23-19-15-11-2/h53-55H,10-52H2,1-9H3. The minimum Gasteiger partial charge on any atom is -0.394 e. The lowest BCUT2D eigenvalue weighted by molar-refractivity contribution is -0.105. The van der Waals surface area contributed by atoms with Crippen molar-refractivity contribution in [3.8, 4) is 0 Å². The van der Waals surface area contributed by atoms with Crippen molar-refractivity contribution in [2.75, 3.05) is 59.7 Å². The van der Waals surface area contributed by atoms with Crippen molar-refractivity contribution < 1.29 is 27.2 Å². The highest BCUT2D eigenvalue weighted by atomic mass is 28.4. The average Bonchev–Trinajstić information content (AvgIpc) is 3.69. The molecule has 10 heteroatoms. The van der Waals surface area contributed by atoms with Gasteiger partial charge in [-0.1, -0.05) is 169 Å². The van der Waals surface area contributed by atoms with Crippen molar-refractivity contribution in [3.63, 3.8) is 0 Å². The van der Waals surface area contributed by atoms with Crippen LogP contribution in [-0.4, -0.2) is 105 Å². The number of ether oxygens (including phenoxy) is 2. The molecule has 0 aromatic carbocycles. The second-order valence-electron chi connectivity index (χ2n) is 21.0. The van der Waals surface area contributed by atoms with E-state index in [1.807, 2.05) is 0 Å². The first-order valence-electron chi connectivity index (χ1n) is 28.8. The summed E-state index contributed by atoms with van der Waals surface area (Å²) in [5.74, 6) is 0. The summed E-state index contributed by atoms with van der Waals surface area (Å²) < 4.78 is 39.0. The molecule has 1 aliphatic heterocycles. The molecule has 0 bridgehead atoms. The van der Waals surface area contributed by atoms with E-state index in [-0.39, 0.29) is 12.6 Å². The summed E-state index contributed by atoms with van der Waals surface area (Å²) in [4.78, 5) is 5.39. The zero-order valence-corrected chi connectivity index (χ0v) is 47.5. The van der Waals surface area contributed by atoms with E-state index in [0.29, 0.717) is 0 Å². The highest BCUT2D eigenvalue weighted by Gasteiger charge is 2.30. The van der Waals surface area contributed by atoms with Crippen molar-refractivity contribution in [1.82, 2.24) is 9.80 Å². The van der Waals surface area contributed by atoms with Gasteiger partial charge in [-0.2, -0.15) is 0 Å². The smallest absolute Gasteiger partial charge is 0.333 e. The molecule has 1 fully saturated rings. The number of hydrogen-bond acceptors (Lipinski definition) is 8. The molecule has 65 heavy (non-hydrogen) atoms. The monoisotopic (exact) mass is 957 g/mol. The summed E-state index contributed by atoms with van der Waals surface area (Å²) in [7, 11) is -2.13. The molecule has 3 unspecified atom stereocenters. The SMILES string of the molecule is CCCCCCCCO[Si](C)(C)OC(CCCCCCC)OCCCCCCN(CCCCCCOC(CCCCCCC)O[Si](C)(C)OCCCCCCCC)CCC1CCCN1C. The number of hydrogen-bond donors (Lipinski definition) is 0. The van der Waals surface area contributed by atoms with Crippen LogP contribution < -0.4 is 0 Å². The quantitative estimate of drug-likeness (QED) is 0.0339. The van der Waals surface area contributed by atoms with E-state index in [1.165, 1.54) is 212 Å². The zero-order valence-electron chi connectivity index (χ0n) is 45.5. The summed E-state index contributed by atoms with van der Waals surface area (Å²) >= 11 is 0. The summed E-state index contributed by atoms with van der Waals surface area (Å²) in [5.41, 5.74) is 0. The molecule has 0 radical (unpaired) electrons. The minimum absolute atomic E-state index is 0.123. The van der Waals surface area contributed by atoms with Crippen molar-refractivity contribution >= 4 is 17.1 Å². The van der Waals surface area contributed by atoms with Gasteiger partial charge in [0.05, 0.1) is 0 Å². The van der Waals surface area contributed by atoms with Gasteiger partial charge >= 0.3 is 17.1 Å². The van der Waals surface area contributed by atoms with Crippen molar-refractivity contribution in [2.24, 2.45) is 0 Å². The normalized spacial score (nSPS) is 16.1. The van der Waals surface area contributed by atoms with Crippen LogP contribution in [0.1, 0.15) is 252 Å². The Balaban J connectivity index is 2.51. The Morgan fingerprint density at radius 1 is 0.446 bits per heavy atom. The third-order valence-corrected chi connectivity index (χ3v) is 17.1. The van der Waals surface area contributed by atoms with Crippen LogP contribution in [0.15, 0.2) is 0 Å². The summed E-state index contributed by atoms with van der Waals surface area (Å²) in [5, 5.41) is 0. The predicted molar refractivity (Wildman–Crippen MR) is 286 cm³/mol. The van der Waals surface area contributed by atoms with Crippen LogP contribution in [0.4, 0.5) is 0 Å². The fourth-order valence-electron chi connectivity index (χ4n) is 9.31. The first-order chi connectivity index (χ1) is 31.6. The van der Waals surface area contributed by atoms with E-state index in [2.05, 4.69) is 70.7 Å². The minimum atomic E-state index is -2.23. The maximum absolute atomic E-state index is 6.64. The molecule has 0 amide bonds. The maximum atomic E-state index is 6.64. The van der Waals surface area contributed by atoms with Crippen molar-refractivity contribution in [3.05, 3.63) is 0 Å². The molecule has 390 valence electrons. The van der Waals surface area contributed by atoms with E-state index >= 15 is 0 Å². The topological polar surface area (TPSA) is 61.9 Å². The van der Waals surface area contributed by atoms with Gasteiger partial charge in [0, 0.05) is 32.5 Å². The molecule has 0 spiro atoms. The lowest BCUT2D eigenvalue weighted by Crippen LogP contribution is -2.40. The van der Waals surface area contributed by atoms with Crippen LogP contribution in [0, 0.1) is 0 Å². The van der Waals surface area contributed by atoms with Crippen molar-refractivity contribution in [1.29, 1.82) is 0 Å². The van der Waals surface area contributed by atoms with E-state index in [0.717, 1.165) is 71.0 Å². The third-order valence-electron chi connectivity index (χ3n) is 13.6. The molecule has 0 N–H and O–H groups in total. The Bertz CT molecular complexity index is 932. The highest BCUT2D eigenvalue weighted by Crippen LogP contribution is 2.22. The van der Waals surface area contributed by atoms with Gasteiger partial charge in [-0.05, 0) is 143 Å². The predicted octanol–water partition coefficient (Wildman–Crippen LogP) is 16.5. The Labute approximate surface area is 409 Å². The van der Waals surface area contributed by atoms with E-state index in [1.54, 1.807) is 0 Å². The third kappa shape index (κ3) is 39.5. The van der Waals surface area contributed by atoms with Gasteiger partial charge in [0.2, 0.25) is 0 Å². The van der Waals surface area contributed by atoms with Gasteiger partial charge in [-0.3, -0.25) is 0 Å². The van der Waals surface area contributed by atoms with Crippen LogP contribution in [0.3, 0.4) is 0 Å². The largest absolute Gasteiger partial charge is 0.394 e. The second-order valence-corrected chi connectivity index (χ2v) is 27.7. The van der Waals surface area contributed by atoms with Gasteiger partial charge < -0.3 is 37.0 Å². The molecule has 3 atom stereocenters. The van der Waals surface area contributed by atoms with Gasteiger partial charge in [-0.25, -0.2) is 0 Å². The fraction of sp³-hybridized carbons (Fsp3) is 1.00. The van der Waals surface area contributed by atoms with Gasteiger partial charge in [0.25, 0.3) is 0 Å². The van der Waals surface area contributed by atoms with Crippen LogP contribution >= 0.6 is 0 Å². The van der Waals surface area contributed by atoms with E-state index in [4.69, 9.17) is 27.2 Å². The van der Waals surface area contributed by atoms with Gasteiger partial charge in [0.1, 0.15) is 12.6 Å². The molecule has 1 aliphatic rings. The summed E-state index contributed by atoms with van der Waals surface area (Å²) in [6.07, 6.45) is 43.7. The van der Waals surface area contributed by atoms with Gasteiger partial charge in [0.15, 0.2) is 0 Å². The molecule has 1 saturated heterocycles. The van der Waals surface area contributed by atoms with E-state index < -0.39 is 17.1 Å². The summed E-state index contributed by atoms with van der Waals surface area (Å²) in [6.45, 7) is 26.1. The maximum Gasteiger partial charge on any atom is 0.333 e. The second kappa shape index (κ2) is 44.1.